The average Bonchev–Trinajstić information content (AvgIpc) is 3.05. The molecule has 2 aromatic rings. The molecular weight excluding hydrogens is 338 g/mol. The Bertz CT molecular complexity index is 843. The highest BCUT2D eigenvalue weighted by molar-refractivity contribution is 5.97. The zero-order chi connectivity index (χ0) is 19.6. The number of amides is 2. The van der Waals surface area contributed by atoms with Crippen LogP contribution in [0.4, 0.5) is 17.1 Å². The molecule has 0 aromatic heterocycles. The number of rotatable bonds is 5. The predicted molar refractivity (Wildman–Crippen MR) is 110 cm³/mol. The summed E-state index contributed by atoms with van der Waals surface area (Å²) in [5.41, 5.74) is 5.03. The molecule has 2 aromatic carbocycles. The van der Waals surface area contributed by atoms with Gasteiger partial charge >= 0.3 is 0 Å². The van der Waals surface area contributed by atoms with E-state index < -0.39 is 0 Å². The van der Waals surface area contributed by atoms with Crippen LogP contribution in [-0.4, -0.2) is 24.4 Å². The summed E-state index contributed by atoms with van der Waals surface area (Å²) in [4.78, 5) is 25.9. The van der Waals surface area contributed by atoms with Crippen LogP contribution in [0.5, 0.6) is 0 Å². The molecule has 27 heavy (non-hydrogen) atoms. The lowest BCUT2D eigenvalue weighted by Crippen LogP contribution is -2.31. The van der Waals surface area contributed by atoms with Gasteiger partial charge in [-0.3, -0.25) is 9.59 Å². The van der Waals surface area contributed by atoms with Crippen LogP contribution in [0.25, 0.3) is 0 Å². The van der Waals surface area contributed by atoms with Crippen molar-refractivity contribution in [1.29, 1.82) is 0 Å². The molecule has 0 aliphatic carbocycles. The average molecular weight is 365 g/mol. The van der Waals surface area contributed by atoms with E-state index in [2.05, 4.69) is 24.5 Å². The van der Waals surface area contributed by atoms with Gasteiger partial charge in [-0.25, -0.2) is 0 Å². The van der Waals surface area contributed by atoms with Crippen LogP contribution in [0, 0.1) is 0 Å². The number of nitrogens with one attached hydrogen (secondary N) is 2. The highest BCUT2D eigenvalue weighted by Gasteiger charge is 2.22. The lowest BCUT2D eigenvalue weighted by Gasteiger charge is -2.18. The summed E-state index contributed by atoms with van der Waals surface area (Å²) < 4.78 is 0. The van der Waals surface area contributed by atoms with E-state index in [1.165, 1.54) is 5.56 Å². The van der Waals surface area contributed by atoms with E-state index in [1.54, 1.807) is 11.8 Å². The van der Waals surface area contributed by atoms with Crippen molar-refractivity contribution >= 4 is 28.9 Å². The Morgan fingerprint density at radius 2 is 1.67 bits per heavy atom. The highest BCUT2D eigenvalue weighted by Crippen LogP contribution is 2.30. The minimum absolute atomic E-state index is 0.0608. The molecule has 0 spiro atoms. The van der Waals surface area contributed by atoms with Crippen molar-refractivity contribution in [2.45, 2.75) is 46.1 Å². The van der Waals surface area contributed by atoms with Gasteiger partial charge in [0, 0.05) is 30.5 Å². The van der Waals surface area contributed by atoms with Gasteiger partial charge in [0.25, 0.3) is 0 Å². The molecule has 0 saturated heterocycles. The van der Waals surface area contributed by atoms with E-state index in [-0.39, 0.29) is 17.9 Å². The Labute approximate surface area is 160 Å². The van der Waals surface area contributed by atoms with E-state index in [9.17, 15) is 9.59 Å². The Hall–Kier alpha value is -2.82. The quantitative estimate of drug-likeness (QED) is 0.836. The molecule has 3 rings (SSSR count). The van der Waals surface area contributed by atoms with Crippen molar-refractivity contribution in [2.24, 2.45) is 0 Å². The second kappa shape index (κ2) is 7.82. The molecule has 0 saturated carbocycles. The molecule has 2 amide bonds. The third-order valence-corrected chi connectivity index (χ3v) is 4.98. The second-order valence-electron chi connectivity index (χ2n) is 7.40. The molecule has 1 atom stereocenters. The number of fused-ring (bicyclic) bond motifs is 1. The summed E-state index contributed by atoms with van der Waals surface area (Å²) in [6, 6.07) is 13.5. The third kappa shape index (κ3) is 4.30. The van der Waals surface area contributed by atoms with Gasteiger partial charge in [-0.1, -0.05) is 26.0 Å². The van der Waals surface area contributed by atoms with Crippen LogP contribution in [0.15, 0.2) is 42.5 Å². The number of anilines is 3. The number of benzene rings is 2. The molecule has 5 heteroatoms. The van der Waals surface area contributed by atoms with Gasteiger partial charge in [0.2, 0.25) is 11.8 Å². The lowest BCUT2D eigenvalue weighted by molar-refractivity contribution is -0.117. The number of hydrogen-bond donors (Lipinski definition) is 2. The summed E-state index contributed by atoms with van der Waals surface area (Å²) >= 11 is 0. The molecule has 1 unspecified atom stereocenters. The standard InChI is InChI=1S/C22H27N3O2/c1-14(2)17-5-7-19(8-6-17)24-22(27)15(3)23-20-9-10-21-18(13-20)11-12-25(21)16(4)26/h5-10,13-15,23H,11-12H2,1-4H3,(H,24,27). The van der Waals surface area contributed by atoms with Crippen molar-refractivity contribution in [3.05, 3.63) is 53.6 Å². The van der Waals surface area contributed by atoms with Gasteiger partial charge in [0.05, 0.1) is 0 Å². The van der Waals surface area contributed by atoms with E-state index in [0.29, 0.717) is 5.92 Å². The monoisotopic (exact) mass is 365 g/mol. The molecule has 0 radical (unpaired) electrons. The summed E-state index contributed by atoms with van der Waals surface area (Å²) in [5.74, 6) is 0.443. The largest absolute Gasteiger partial charge is 0.374 e. The van der Waals surface area contributed by atoms with E-state index in [0.717, 1.165) is 35.6 Å². The van der Waals surface area contributed by atoms with E-state index >= 15 is 0 Å². The van der Waals surface area contributed by atoms with Crippen molar-refractivity contribution in [3.63, 3.8) is 0 Å². The number of carbonyl (C=O) groups is 2. The van der Waals surface area contributed by atoms with Gasteiger partial charge < -0.3 is 15.5 Å². The summed E-state index contributed by atoms with van der Waals surface area (Å²) in [6.07, 6.45) is 0.840. The summed E-state index contributed by atoms with van der Waals surface area (Å²) in [6.45, 7) is 8.43. The first kappa shape index (κ1) is 19.0. The van der Waals surface area contributed by atoms with Crippen molar-refractivity contribution in [3.8, 4) is 0 Å². The number of hydrogen-bond acceptors (Lipinski definition) is 3. The van der Waals surface area contributed by atoms with Gasteiger partial charge in [0.1, 0.15) is 6.04 Å². The number of carbonyl (C=O) groups excluding carboxylic acids is 2. The molecule has 1 heterocycles. The lowest BCUT2D eigenvalue weighted by atomic mass is 10.0. The maximum atomic E-state index is 12.5. The Balaban J connectivity index is 1.62. The fraction of sp³-hybridized carbons (Fsp3) is 0.364. The van der Waals surface area contributed by atoms with Gasteiger partial charge in [-0.2, -0.15) is 0 Å². The third-order valence-electron chi connectivity index (χ3n) is 4.98. The molecular formula is C22H27N3O2. The first-order valence-electron chi connectivity index (χ1n) is 9.43. The SMILES string of the molecule is CC(=O)N1CCc2cc(NC(C)C(=O)Nc3ccc(C(C)C)cc3)ccc21. The van der Waals surface area contributed by atoms with E-state index in [4.69, 9.17) is 0 Å². The maximum absolute atomic E-state index is 12.5. The molecule has 0 bridgehead atoms. The molecule has 1 aliphatic heterocycles. The van der Waals surface area contributed by atoms with E-state index in [1.807, 2.05) is 49.4 Å². The van der Waals surface area contributed by atoms with Gasteiger partial charge in [0.15, 0.2) is 0 Å². The summed E-state index contributed by atoms with van der Waals surface area (Å²) in [5, 5.41) is 6.20. The van der Waals surface area contributed by atoms with Crippen molar-refractivity contribution in [2.75, 3.05) is 22.1 Å². The predicted octanol–water partition coefficient (Wildman–Crippen LogP) is 4.16. The van der Waals surface area contributed by atoms with Gasteiger partial charge in [-0.05, 0) is 60.7 Å². The molecule has 1 aliphatic rings. The Kier molecular flexibility index (Phi) is 5.49. The minimum Gasteiger partial charge on any atom is -0.374 e. The molecule has 5 nitrogen and oxygen atoms in total. The first-order valence-corrected chi connectivity index (χ1v) is 9.43. The van der Waals surface area contributed by atoms with Crippen molar-refractivity contribution in [1.82, 2.24) is 0 Å². The Morgan fingerprint density at radius 1 is 1.00 bits per heavy atom. The van der Waals surface area contributed by atoms with Crippen LogP contribution in [0.2, 0.25) is 0 Å². The van der Waals surface area contributed by atoms with Crippen LogP contribution in [-0.2, 0) is 16.0 Å². The van der Waals surface area contributed by atoms with Crippen LogP contribution in [0.1, 0.15) is 44.7 Å². The van der Waals surface area contributed by atoms with Crippen LogP contribution >= 0.6 is 0 Å². The molecule has 0 fully saturated rings. The van der Waals surface area contributed by atoms with Gasteiger partial charge in [-0.15, -0.1) is 0 Å². The smallest absolute Gasteiger partial charge is 0.246 e. The normalized spacial score (nSPS) is 14.0. The fourth-order valence-electron chi connectivity index (χ4n) is 3.34. The molecule has 142 valence electrons. The summed E-state index contributed by atoms with van der Waals surface area (Å²) in [7, 11) is 0. The topological polar surface area (TPSA) is 61.4 Å². The zero-order valence-electron chi connectivity index (χ0n) is 16.4. The molecule has 2 N–H and O–H groups in total. The fourth-order valence-corrected chi connectivity index (χ4v) is 3.34. The number of nitrogens with zero attached hydrogens (tertiary/aromatic N) is 1. The second-order valence-corrected chi connectivity index (χ2v) is 7.40. The first-order chi connectivity index (χ1) is 12.8. The van der Waals surface area contributed by atoms with Crippen LogP contribution in [0.3, 0.4) is 0 Å². The minimum atomic E-state index is -0.377. The zero-order valence-corrected chi connectivity index (χ0v) is 16.4. The highest BCUT2D eigenvalue weighted by atomic mass is 16.2. The maximum Gasteiger partial charge on any atom is 0.246 e. The van der Waals surface area contributed by atoms with Crippen LogP contribution < -0.4 is 15.5 Å². The Morgan fingerprint density at radius 3 is 2.30 bits per heavy atom. The van der Waals surface area contributed by atoms with Crippen molar-refractivity contribution < 1.29 is 9.59 Å².